The number of aryl methyl sites for hydroxylation is 1. The molecule has 1 aromatic heterocycles. The summed E-state index contributed by atoms with van der Waals surface area (Å²) in [6, 6.07) is 2.61. The average Bonchev–Trinajstić information content (AvgIpc) is 2.60. The molecule has 1 aromatic rings. The van der Waals surface area contributed by atoms with Crippen LogP contribution in [-0.4, -0.2) is 28.0 Å². The second kappa shape index (κ2) is 4.55. The first kappa shape index (κ1) is 11.6. The van der Waals surface area contributed by atoms with Crippen LogP contribution in [0.2, 0.25) is 0 Å². The molecule has 2 heterocycles. The highest BCUT2D eigenvalue weighted by Gasteiger charge is 2.28. The predicted molar refractivity (Wildman–Crippen MR) is 63.1 cm³/mol. The molecule has 1 aliphatic rings. The zero-order valence-electron chi connectivity index (χ0n) is 10.4. The molecular weight excluding hydrogens is 202 g/mol. The third-order valence-electron chi connectivity index (χ3n) is 3.19. The van der Waals surface area contributed by atoms with Gasteiger partial charge >= 0.3 is 0 Å². The van der Waals surface area contributed by atoms with Gasteiger partial charge in [0.15, 0.2) is 0 Å². The first-order chi connectivity index (χ1) is 7.57. The molecule has 0 amide bonds. The lowest BCUT2D eigenvalue weighted by Gasteiger charge is -2.36. The van der Waals surface area contributed by atoms with E-state index in [1.807, 2.05) is 17.9 Å². The highest BCUT2D eigenvalue weighted by atomic mass is 16.5. The number of nitrogens with zero attached hydrogens (tertiary/aromatic N) is 2. The van der Waals surface area contributed by atoms with Gasteiger partial charge in [-0.25, -0.2) is 0 Å². The van der Waals surface area contributed by atoms with Gasteiger partial charge in [0, 0.05) is 32.4 Å². The molecule has 1 N–H and O–H groups in total. The Kier molecular flexibility index (Phi) is 3.30. The molecule has 1 saturated heterocycles. The number of hydrogen-bond donors (Lipinski definition) is 1. The third-order valence-corrected chi connectivity index (χ3v) is 3.19. The number of aromatic nitrogens is 2. The summed E-state index contributed by atoms with van der Waals surface area (Å²) in [5, 5.41) is 7.74. The molecule has 1 atom stereocenters. The Labute approximate surface area is 97.0 Å². The van der Waals surface area contributed by atoms with Crippen molar-refractivity contribution in [2.45, 2.75) is 44.9 Å². The van der Waals surface area contributed by atoms with E-state index in [0.29, 0.717) is 6.04 Å². The van der Waals surface area contributed by atoms with E-state index in [2.05, 4.69) is 30.3 Å². The van der Waals surface area contributed by atoms with Gasteiger partial charge in [-0.1, -0.05) is 0 Å². The molecule has 0 aromatic carbocycles. The van der Waals surface area contributed by atoms with Gasteiger partial charge in [0.05, 0.1) is 11.3 Å². The molecule has 0 bridgehead atoms. The first-order valence-electron chi connectivity index (χ1n) is 5.91. The largest absolute Gasteiger partial charge is 0.375 e. The van der Waals surface area contributed by atoms with Crippen LogP contribution in [0.5, 0.6) is 0 Å². The number of nitrogens with one attached hydrogen (secondary N) is 1. The van der Waals surface area contributed by atoms with Crippen molar-refractivity contribution >= 4 is 0 Å². The lowest BCUT2D eigenvalue weighted by molar-refractivity contribution is -0.0631. The summed E-state index contributed by atoms with van der Waals surface area (Å²) in [6.07, 6.45) is 4.01. The topological polar surface area (TPSA) is 39.1 Å². The number of ether oxygens (including phenoxy) is 1. The quantitative estimate of drug-likeness (QED) is 0.843. The van der Waals surface area contributed by atoms with Crippen molar-refractivity contribution < 1.29 is 4.74 Å². The minimum absolute atomic E-state index is 0.0162. The fraction of sp³-hybridized carbons (Fsp3) is 0.750. The van der Waals surface area contributed by atoms with E-state index in [4.69, 9.17) is 4.74 Å². The van der Waals surface area contributed by atoms with Gasteiger partial charge in [0.1, 0.15) is 0 Å². The molecule has 2 rings (SSSR count). The van der Waals surface area contributed by atoms with Crippen molar-refractivity contribution in [2.75, 3.05) is 6.61 Å². The molecule has 1 fully saturated rings. The monoisotopic (exact) mass is 223 g/mol. The van der Waals surface area contributed by atoms with Gasteiger partial charge in [0.2, 0.25) is 0 Å². The van der Waals surface area contributed by atoms with E-state index in [-0.39, 0.29) is 5.60 Å². The predicted octanol–water partition coefficient (Wildman–Crippen LogP) is 1.47. The summed E-state index contributed by atoms with van der Waals surface area (Å²) in [5.74, 6) is 0. The van der Waals surface area contributed by atoms with Gasteiger partial charge in [-0.15, -0.1) is 0 Å². The Morgan fingerprint density at radius 1 is 1.62 bits per heavy atom. The van der Waals surface area contributed by atoms with Crippen LogP contribution in [0.3, 0.4) is 0 Å². The highest BCUT2D eigenvalue weighted by Crippen LogP contribution is 2.23. The van der Waals surface area contributed by atoms with Crippen LogP contribution in [-0.2, 0) is 18.3 Å². The molecule has 0 radical (unpaired) electrons. The fourth-order valence-electron chi connectivity index (χ4n) is 2.23. The zero-order valence-corrected chi connectivity index (χ0v) is 10.4. The van der Waals surface area contributed by atoms with Crippen LogP contribution in [0, 0.1) is 0 Å². The van der Waals surface area contributed by atoms with Gasteiger partial charge in [-0.05, 0) is 32.8 Å². The van der Waals surface area contributed by atoms with Crippen molar-refractivity contribution in [1.29, 1.82) is 0 Å². The van der Waals surface area contributed by atoms with Gasteiger partial charge in [-0.3, -0.25) is 4.68 Å². The SMILES string of the molecule is Cn1nccc1CNC1CCOC(C)(C)C1. The van der Waals surface area contributed by atoms with E-state index in [9.17, 15) is 0 Å². The van der Waals surface area contributed by atoms with Crippen molar-refractivity contribution in [3.8, 4) is 0 Å². The van der Waals surface area contributed by atoms with E-state index >= 15 is 0 Å². The summed E-state index contributed by atoms with van der Waals surface area (Å²) in [7, 11) is 1.98. The maximum Gasteiger partial charge on any atom is 0.0641 e. The van der Waals surface area contributed by atoms with Crippen LogP contribution >= 0.6 is 0 Å². The second-order valence-corrected chi connectivity index (χ2v) is 5.12. The maximum atomic E-state index is 5.70. The summed E-state index contributed by atoms with van der Waals surface area (Å²) in [4.78, 5) is 0. The van der Waals surface area contributed by atoms with Gasteiger partial charge in [0.25, 0.3) is 0 Å². The van der Waals surface area contributed by atoms with Crippen molar-refractivity contribution in [3.05, 3.63) is 18.0 Å². The van der Waals surface area contributed by atoms with Crippen LogP contribution in [0.25, 0.3) is 0 Å². The summed E-state index contributed by atoms with van der Waals surface area (Å²) >= 11 is 0. The van der Waals surface area contributed by atoms with Crippen molar-refractivity contribution in [3.63, 3.8) is 0 Å². The molecule has 4 nitrogen and oxygen atoms in total. The zero-order chi connectivity index (χ0) is 11.6. The first-order valence-corrected chi connectivity index (χ1v) is 5.91. The minimum atomic E-state index is 0.0162. The molecule has 16 heavy (non-hydrogen) atoms. The Bertz CT molecular complexity index is 346. The normalized spacial score (nSPS) is 24.6. The Balaban J connectivity index is 1.84. The number of hydrogen-bond acceptors (Lipinski definition) is 3. The highest BCUT2D eigenvalue weighted by molar-refractivity contribution is 5.00. The Morgan fingerprint density at radius 2 is 2.44 bits per heavy atom. The molecule has 0 saturated carbocycles. The molecule has 4 heteroatoms. The lowest BCUT2D eigenvalue weighted by atomic mass is 9.94. The molecular formula is C12H21N3O. The van der Waals surface area contributed by atoms with E-state index < -0.39 is 0 Å². The van der Waals surface area contributed by atoms with Crippen LogP contribution in [0.1, 0.15) is 32.4 Å². The molecule has 1 unspecified atom stereocenters. The van der Waals surface area contributed by atoms with Crippen LogP contribution < -0.4 is 5.32 Å². The van der Waals surface area contributed by atoms with Crippen LogP contribution in [0.4, 0.5) is 0 Å². The van der Waals surface area contributed by atoms with Crippen molar-refractivity contribution in [2.24, 2.45) is 7.05 Å². The van der Waals surface area contributed by atoms with E-state index in [1.54, 1.807) is 0 Å². The lowest BCUT2D eigenvalue weighted by Crippen LogP contribution is -2.43. The number of rotatable bonds is 3. The smallest absolute Gasteiger partial charge is 0.0641 e. The molecule has 1 aliphatic heterocycles. The van der Waals surface area contributed by atoms with E-state index in [1.165, 1.54) is 5.69 Å². The maximum absolute atomic E-state index is 5.70. The van der Waals surface area contributed by atoms with Crippen molar-refractivity contribution in [1.82, 2.24) is 15.1 Å². The molecule has 90 valence electrons. The molecule has 0 aliphatic carbocycles. The summed E-state index contributed by atoms with van der Waals surface area (Å²) < 4.78 is 7.61. The fourth-order valence-corrected chi connectivity index (χ4v) is 2.23. The Hall–Kier alpha value is -0.870. The summed E-state index contributed by atoms with van der Waals surface area (Å²) in [6.45, 7) is 6.06. The second-order valence-electron chi connectivity index (χ2n) is 5.12. The molecule has 0 spiro atoms. The van der Waals surface area contributed by atoms with E-state index in [0.717, 1.165) is 26.0 Å². The Morgan fingerprint density at radius 3 is 3.06 bits per heavy atom. The minimum Gasteiger partial charge on any atom is -0.375 e. The van der Waals surface area contributed by atoms with Gasteiger partial charge < -0.3 is 10.1 Å². The third kappa shape index (κ3) is 2.83. The van der Waals surface area contributed by atoms with Gasteiger partial charge in [-0.2, -0.15) is 5.10 Å². The average molecular weight is 223 g/mol. The summed E-state index contributed by atoms with van der Waals surface area (Å²) in [5.41, 5.74) is 1.24. The standard InChI is InChI=1S/C12H21N3O/c1-12(2)8-10(5-7-16-12)13-9-11-4-6-14-15(11)3/h4,6,10,13H,5,7-9H2,1-3H3. The van der Waals surface area contributed by atoms with Crippen LogP contribution in [0.15, 0.2) is 12.3 Å².